The summed E-state index contributed by atoms with van der Waals surface area (Å²) in [5.74, 6) is -0.841. The van der Waals surface area contributed by atoms with Crippen molar-refractivity contribution in [3.63, 3.8) is 0 Å². The average Bonchev–Trinajstić information content (AvgIpc) is 2.86. The number of carbonyl (C=O) groups is 3. The Kier molecular flexibility index (Phi) is 7.32. The summed E-state index contributed by atoms with van der Waals surface area (Å²) >= 11 is 6.27. The molecule has 1 fully saturated rings. The zero-order valence-electron chi connectivity index (χ0n) is 17.4. The third-order valence-electron chi connectivity index (χ3n) is 5.52. The van der Waals surface area contributed by atoms with Crippen LogP contribution in [0.5, 0.6) is 0 Å². The lowest BCUT2D eigenvalue weighted by molar-refractivity contribution is -0.148. The smallest absolute Gasteiger partial charge is 0.326 e. The summed E-state index contributed by atoms with van der Waals surface area (Å²) in [6.07, 6.45) is 3.19. The van der Waals surface area contributed by atoms with Crippen LogP contribution in [0.1, 0.15) is 53.0 Å². The van der Waals surface area contributed by atoms with E-state index >= 15 is 0 Å². The number of amides is 1. The Hall–Kier alpha value is -2.60. The summed E-state index contributed by atoms with van der Waals surface area (Å²) < 4.78 is 7.20. The second kappa shape index (κ2) is 9.94. The molecule has 0 aliphatic carbocycles. The Bertz CT molecular complexity index is 951. The Morgan fingerprint density at radius 3 is 2.67 bits per heavy atom. The van der Waals surface area contributed by atoms with Gasteiger partial charge in [0.25, 0.3) is 0 Å². The molecule has 1 aromatic carbocycles. The molecular formula is C23H27ClN2O4. The van der Waals surface area contributed by atoms with Crippen LogP contribution in [-0.4, -0.2) is 46.8 Å². The van der Waals surface area contributed by atoms with Crippen molar-refractivity contribution in [2.24, 2.45) is 0 Å². The van der Waals surface area contributed by atoms with E-state index in [1.807, 2.05) is 42.7 Å². The maximum absolute atomic E-state index is 12.7. The van der Waals surface area contributed by atoms with Gasteiger partial charge in [-0.25, -0.2) is 0 Å². The van der Waals surface area contributed by atoms with Crippen LogP contribution in [-0.2, 0) is 20.9 Å². The number of hydrogen-bond donors (Lipinski definition) is 0. The van der Waals surface area contributed by atoms with E-state index in [4.69, 9.17) is 16.3 Å². The van der Waals surface area contributed by atoms with Gasteiger partial charge in [-0.3, -0.25) is 14.4 Å². The number of nitrogens with zero attached hydrogens (tertiary/aromatic N) is 2. The van der Waals surface area contributed by atoms with Gasteiger partial charge in [-0.1, -0.05) is 36.2 Å². The van der Waals surface area contributed by atoms with Gasteiger partial charge in [-0.05, 0) is 44.4 Å². The maximum atomic E-state index is 12.7. The van der Waals surface area contributed by atoms with E-state index in [0.29, 0.717) is 30.1 Å². The molecule has 0 spiro atoms. The molecule has 1 amide bonds. The topological polar surface area (TPSA) is 68.6 Å². The highest BCUT2D eigenvalue weighted by Gasteiger charge is 2.22. The second-order valence-corrected chi connectivity index (χ2v) is 8.08. The number of benzene rings is 1. The van der Waals surface area contributed by atoms with Gasteiger partial charge in [0.05, 0.1) is 0 Å². The predicted octanol–water partition coefficient (Wildman–Crippen LogP) is 3.94. The Balaban J connectivity index is 1.61. The molecule has 0 bridgehead atoms. The van der Waals surface area contributed by atoms with Crippen LogP contribution in [0.25, 0.3) is 0 Å². The molecule has 2 heterocycles. The molecule has 1 saturated heterocycles. The van der Waals surface area contributed by atoms with Crippen molar-refractivity contribution in [1.82, 2.24) is 9.47 Å². The number of ketones is 1. The number of hydrogen-bond acceptors (Lipinski definition) is 4. The van der Waals surface area contributed by atoms with E-state index in [9.17, 15) is 14.4 Å². The van der Waals surface area contributed by atoms with Gasteiger partial charge in [0.15, 0.2) is 6.61 Å². The van der Waals surface area contributed by atoms with Crippen LogP contribution < -0.4 is 0 Å². The van der Waals surface area contributed by atoms with Crippen molar-refractivity contribution in [2.45, 2.75) is 46.1 Å². The first-order valence-corrected chi connectivity index (χ1v) is 10.6. The van der Waals surface area contributed by atoms with Crippen LogP contribution in [0.15, 0.2) is 30.3 Å². The van der Waals surface area contributed by atoms with Crippen molar-refractivity contribution in [2.75, 3.05) is 19.7 Å². The molecule has 1 aliphatic rings. The minimum atomic E-state index is -0.552. The molecule has 2 aromatic rings. The molecule has 30 heavy (non-hydrogen) atoms. The summed E-state index contributed by atoms with van der Waals surface area (Å²) in [5.41, 5.74) is 3.22. The SMILES string of the molecule is Cc1cc(C(=O)COC(=O)CN2CCCCCC2=O)c(C)n1Cc1ccccc1Cl. The van der Waals surface area contributed by atoms with Crippen molar-refractivity contribution in [3.8, 4) is 0 Å². The van der Waals surface area contributed by atoms with Crippen LogP contribution in [0.2, 0.25) is 5.02 Å². The summed E-state index contributed by atoms with van der Waals surface area (Å²) in [4.78, 5) is 38.4. The second-order valence-electron chi connectivity index (χ2n) is 7.67. The van der Waals surface area contributed by atoms with E-state index in [-0.39, 0.29) is 24.8 Å². The van der Waals surface area contributed by atoms with Crippen LogP contribution in [0, 0.1) is 13.8 Å². The summed E-state index contributed by atoms with van der Waals surface area (Å²) in [6, 6.07) is 9.40. The summed E-state index contributed by atoms with van der Waals surface area (Å²) in [7, 11) is 0. The number of carbonyl (C=O) groups excluding carboxylic acids is 3. The first kappa shape index (κ1) is 22.1. The minimum absolute atomic E-state index is 0.0288. The van der Waals surface area contributed by atoms with Crippen LogP contribution >= 0.6 is 11.6 Å². The van der Waals surface area contributed by atoms with Crippen molar-refractivity contribution < 1.29 is 19.1 Å². The molecule has 0 atom stereocenters. The molecule has 0 radical (unpaired) electrons. The molecule has 6 nitrogen and oxygen atoms in total. The standard InChI is InChI=1S/C23H27ClN2O4/c1-16-12-19(17(2)26(16)13-18-8-5-6-9-20(18)24)21(27)15-30-23(29)14-25-11-7-3-4-10-22(25)28/h5-6,8-9,12H,3-4,7,10-11,13-15H2,1-2H3. The molecule has 3 rings (SSSR count). The fraction of sp³-hybridized carbons (Fsp3) is 0.435. The number of aromatic nitrogens is 1. The zero-order valence-corrected chi connectivity index (χ0v) is 18.2. The number of halogens is 1. The molecular weight excluding hydrogens is 404 g/mol. The molecule has 7 heteroatoms. The molecule has 0 N–H and O–H groups in total. The summed E-state index contributed by atoms with van der Waals surface area (Å²) in [5, 5.41) is 0.676. The van der Waals surface area contributed by atoms with Gasteiger partial charge in [-0.2, -0.15) is 0 Å². The third-order valence-corrected chi connectivity index (χ3v) is 5.88. The normalized spacial score (nSPS) is 14.5. The molecule has 0 saturated carbocycles. The van der Waals surface area contributed by atoms with Gasteiger partial charge in [0.2, 0.25) is 11.7 Å². The van der Waals surface area contributed by atoms with Crippen LogP contribution in [0.4, 0.5) is 0 Å². The monoisotopic (exact) mass is 430 g/mol. The predicted molar refractivity (Wildman–Crippen MR) is 115 cm³/mol. The lowest BCUT2D eigenvalue weighted by Crippen LogP contribution is -2.36. The van der Waals surface area contributed by atoms with Gasteiger partial charge >= 0.3 is 5.97 Å². The van der Waals surface area contributed by atoms with Crippen molar-refractivity contribution in [3.05, 3.63) is 57.9 Å². The maximum Gasteiger partial charge on any atom is 0.326 e. The first-order valence-electron chi connectivity index (χ1n) is 10.2. The number of Topliss-reactive ketones (excluding diaryl/α,β-unsaturated/α-hetero) is 1. The number of rotatable bonds is 7. The number of likely N-dealkylation sites (tertiary alicyclic amines) is 1. The van der Waals surface area contributed by atoms with Gasteiger partial charge in [0, 0.05) is 41.5 Å². The Morgan fingerprint density at radius 2 is 1.90 bits per heavy atom. The zero-order chi connectivity index (χ0) is 21.7. The highest BCUT2D eigenvalue weighted by atomic mass is 35.5. The number of aryl methyl sites for hydroxylation is 1. The fourth-order valence-electron chi connectivity index (χ4n) is 3.75. The first-order chi connectivity index (χ1) is 14.4. The average molecular weight is 431 g/mol. The Labute approximate surface area is 181 Å². The Morgan fingerprint density at radius 1 is 1.13 bits per heavy atom. The quantitative estimate of drug-likeness (QED) is 0.493. The van der Waals surface area contributed by atoms with Gasteiger partial charge in [-0.15, -0.1) is 0 Å². The molecule has 1 aromatic heterocycles. The van der Waals surface area contributed by atoms with Crippen molar-refractivity contribution >= 4 is 29.3 Å². The minimum Gasteiger partial charge on any atom is -0.456 e. The van der Waals surface area contributed by atoms with Crippen molar-refractivity contribution in [1.29, 1.82) is 0 Å². The van der Waals surface area contributed by atoms with E-state index in [2.05, 4.69) is 0 Å². The number of ether oxygens (including phenoxy) is 1. The van der Waals surface area contributed by atoms with E-state index in [0.717, 1.165) is 36.2 Å². The lowest BCUT2D eigenvalue weighted by Gasteiger charge is -2.19. The van der Waals surface area contributed by atoms with Crippen LogP contribution in [0.3, 0.4) is 0 Å². The largest absolute Gasteiger partial charge is 0.456 e. The van der Waals surface area contributed by atoms with E-state index in [1.54, 1.807) is 6.07 Å². The molecule has 1 aliphatic heterocycles. The molecule has 0 unspecified atom stereocenters. The summed E-state index contributed by atoms with van der Waals surface area (Å²) in [6.45, 7) is 4.48. The highest BCUT2D eigenvalue weighted by Crippen LogP contribution is 2.21. The lowest BCUT2D eigenvalue weighted by atomic mass is 10.1. The fourth-order valence-corrected chi connectivity index (χ4v) is 3.95. The van der Waals surface area contributed by atoms with E-state index < -0.39 is 5.97 Å². The third kappa shape index (κ3) is 5.30. The number of esters is 1. The van der Waals surface area contributed by atoms with Gasteiger partial charge < -0.3 is 14.2 Å². The van der Waals surface area contributed by atoms with Gasteiger partial charge in [0.1, 0.15) is 6.54 Å². The molecule has 160 valence electrons. The van der Waals surface area contributed by atoms with E-state index in [1.165, 1.54) is 4.90 Å². The highest BCUT2D eigenvalue weighted by molar-refractivity contribution is 6.31.